The van der Waals surface area contributed by atoms with Gasteiger partial charge < -0.3 is 5.32 Å². The number of carbonyl (C=O) groups is 1. The van der Waals surface area contributed by atoms with Crippen molar-refractivity contribution in [3.8, 4) is 11.4 Å². The lowest BCUT2D eigenvalue weighted by Gasteiger charge is -2.20. The molecule has 0 aliphatic heterocycles. The van der Waals surface area contributed by atoms with Gasteiger partial charge in [0.05, 0.1) is 11.6 Å². The summed E-state index contributed by atoms with van der Waals surface area (Å²) in [6.45, 7) is 1.77. The summed E-state index contributed by atoms with van der Waals surface area (Å²) in [6.07, 6.45) is -3.27. The van der Waals surface area contributed by atoms with E-state index in [-0.39, 0.29) is 17.2 Å². The number of hydrogen-bond donors (Lipinski definition) is 2. The molecule has 0 saturated heterocycles. The molecule has 1 atom stereocenters. The molecule has 0 unspecified atom stereocenters. The Bertz CT molecular complexity index is 1110. The number of amides is 1. The number of rotatable bonds is 7. The van der Waals surface area contributed by atoms with Gasteiger partial charge in [-0.3, -0.25) is 14.5 Å². The summed E-state index contributed by atoms with van der Waals surface area (Å²) in [5.74, 6) is 0.0755. The highest BCUT2D eigenvalue weighted by atomic mass is 35.5. The summed E-state index contributed by atoms with van der Waals surface area (Å²) in [5, 5.41) is 10.2. The maximum absolute atomic E-state index is 13.1. The number of aromatic nitrogens is 3. The van der Waals surface area contributed by atoms with Crippen LogP contribution in [0.15, 0.2) is 48.5 Å². The summed E-state index contributed by atoms with van der Waals surface area (Å²) >= 11 is 11.2. The highest BCUT2D eigenvalue weighted by Crippen LogP contribution is 2.31. The maximum atomic E-state index is 13.1. The quantitative estimate of drug-likeness (QED) is 0.422. The second-order valence-electron chi connectivity index (χ2n) is 6.98. The van der Waals surface area contributed by atoms with Crippen LogP contribution < -0.4 is 5.32 Å². The smallest absolute Gasteiger partial charge is 0.348 e. The Morgan fingerprint density at radius 3 is 2.61 bits per heavy atom. The Kier molecular flexibility index (Phi) is 7.17. The molecule has 0 fully saturated rings. The molecule has 0 saturated carbocycles. The lowest BCUT2D eigenvalue weighted by Crippen LogP contribution is -2.32. The summed E-state index contributed by atoms with van der Waals surface area (Å²) < 4.78 is 41.0. The van der Waals surface area contributed by atoms with Gasteiger partial charge in [-0.1, -0.05) is 37.1 Å². The average molecular weight is 469 g/mol. The van der Waals surface area contributed by atoms with E-state index in [1.54, 1.807) is 30.3 Å². The van der Waals surface area contributed by atoms with Crippen molar-refractivity contribution < 1.29 is 18.0 Å². The fourth-order valence-electron chi connectivity index (χ4n) is 3.21. The van der Waals surface area contributed by atoms with Gasteiger partial charge >= 0.3 is 6.18 Å². The Morgan fingerprint density at radius 1 is 1.26 bits per heavy atom. The van der Waals surface area contributed by atoms with Crippen molar-refractivity contribution in [2.45, 2.75) is 38.5 Å². The van der Waals surface area contributed by atoms with Crippen LogP contribution in [-0.2, 0) is 17.5 Å². The van der Waals surface area contributed by atoms with Crippen molar-refractivity contribution in [2.75, 3.05) is 0 Å². The number of carbonyl (C=O) groups excluding carboxylic acids is 1. The first kappa shape index (κ1) is 23.0. The summed E-state index contributed by atoms with van der Waals surface area (Å²) in [4.78, 5) is 12.8. The Morgan fingerprint density at radius 2 is 1.97 bits per heavy atom. The van der Waals surface area contributed by atoms with Crippen LogP contribution in [0.5, 0.6) is 0 Å². The van der Waals surface area contributed by atoms with Crippen LogP contribution in [-0.4, -0.2) is 20.7 Å². The highest BCUT2D eigenvalue weighted by Gasteiger charge is 2.31. The van der Waals surface area contributed by atoms with Crippen LogP contribution in [0.1, 0.15) is 36.9 Å². The highest BCUT2D eigenvalue weighted by molar-refractivity contribution is 7.71. The van der Waals surface area contributed by atoms with Gasteiger partial charge in [0.25, 0.3) is 0 Å². The van der Waals surface area contributed by atoms with Crippen LogP contribution in [0, 0.1) is 4.77 Å². The molecule has 0 spiro atoms. The molecular formula is C21H20ClF3N4OS. The molecule has 1 aromatic heterocycles. The number of aromatic amines is 1. The first-order valence-electron chi connectivity index (χ1n) is 9.56. The van der Waals surface area contributed by atoms with E-state index in [1.165, 1.54) is 10.6 Å². The molecule has 0 aliphatic carbocycles. The molecule has 0 bridgehead atoms. The van der Waals surface area contributed by atoms with Gasteiger partial charge in [0.15, 0.2) is 10.6 Å². The molecule has 164 valence electrons. The molecule has 3 aromatic rings. The second-order valence-corrected chi connectivity index (χ2v) is 7.80. The normalized spacial score (nSPS) is 12.5. The minimum atomic E-state index is -4.45. The summed E-state index contributed by atoms with van der Waals surface area (Å²) in [7, 11) is 0. The standard InChI is InChI=1S/C21H20ClF3N4OS/c1-2-4-17(14-5-3-6-15(11-14)21(23,24)25)26-18(30)12-29-19(27-28-20(29)31)13-7-9-16(22)10-8-13/h3,5-11,17H,2,4,12H2,1H3,(H,26,30)(H,28,31)/t17-/m1/s1. The molecule has 0 aliphatic rings. The number of benzene rings is 2. The van der Waals surface area contributed by atoms with Gasteiger partial charge in [-0.25, -0.2) is 0 Å². The molecule has 2 aromatic carbocycles. The maximum Gasteiger partial charge on any atom is 0.416 e. The van der Waals surface area contributed by atoms with Gasteiger partial charge in [0.1, 0.15) is 6.54 Å². The molecule has 1 amide bonds. The van der Waals surface area contributed by atoms with Crippen molar-refractivity contribution in [1.29, 1.82) is 0 Å². The van der Waals surface area contributed by atoms with E-state index in [0.717, 1.165) is 12.1 Å². The summed E-state index contributed by atoms with van der Waals surface area (Å²) in [6, 6.07) is 11.4. The lowest BCUT2D eigenvalue weighted by atomic mass is 10.00. The largest absolute Gasteiger partial charge is 0.416 e. The van der Waals surface area contributed by atoms with E-state index < -0.39 is 17.8 Å². The fourth-order valence-corrected chi connectivity index (χ4v) is 3.53. The van der Waals surface area contributed by atoms with Gasteiger partial charge in [0, 0.05) is 10.6 Å². The topological polar surface area (TPSA) is 62.7 Å². The van der Waals surface area contributed by atoms with Crippen LogP contribution in [0.2, 0.25) is 5.02 Å². The molecule has 0 radical (unpaired) electrons. The number of alkyl halides is 3. The molecule has 31 heavy (non-hydrogen) atoms. The van der Waals surface area contributed by atoms with E-state index in [1.807, 2.05) is 6.92 Å². The molecular weight excluding hydrogens is 449 g/mol. The third-order valence-corrected chi connectivity index (χ3v) is 5.25. The van der Waals surface area contributed by atoms with Gasteiger partial charge in [0.2, 0.25) is 5.91 Å². The predicted octanol–water partition coefficient (Wildman–Crippen LogP) is 5.94. The van der Waals surface area contributed by atoms with Crippen molar-refractivity contribution >= 4 is 29.7 Å². The Hall–Kier alpha value is -2.65. The number of H-pyrrole nitrogens is 1. The first-order valence-corrected chi connectivity index (χ1v) is 10.4. The minimum absolute atomic E-state index is 0.132. The first-order chi connectivity index (χ1) is 14.7. The summed E-state index contributed by atoms with van der Waals surface area (Å²) in [5.41, 5.74) is 0.369. The van der Waals surface area contributed by atoms with E-state index in [4.69, 9.17) is 23.8 Å². The van der Waals surface area contributed by atoms with Crippen LogP contribution in [0.3, 0.4) is 0 Å². The zero-order valence-electron chi connectivity index (χ0n) is 16.5. The van der Waals surface area contributed by atoms with Crippen molar-refractivity contribution in [1.82, 2.24) is 20.1 Å². The molecule has 10 heteroatoms. The molecule has 5 nitrogen and oxygen atoms in total. The number of nitrogens with one attached hydrogen (secondary N) is 2. The van der Waals surface area contributed by atoms with Gasteiger partial charge in [-0.15, -0.1) is 0 Å². The van der Waals surface area contributed by atoms with Crippen LogP contribution in [0.25, 0.3) is 11.4 Å². The molecule has 2 N–H and O–H groups in total. The number of halogens is 4. The van der Waals surface area contributed by atoms with Crippen molar-refractivity contribution in [2.24, 2.45) is 0 Å². The Balaban J connectivity index is 1.81. The number of nitrogens with zero attached hydrogens (tertiary/aromatic N) is 2. The number of hydrogen-bond acceptors (Lipinski definition) is 3. The monoisotopic (exact) mass is 468 g/mol. The van der Waals surface area contributed by atoms with Gasteiger partial charge in [-0.2, -0.15) is 18.3 Å². The van der Waals surface area contributed by atoms with E-state index in [9.17, 15) is 18.0 Å². The lowest BCUT2D eigenvalue weighted by molar-refractivity contribution is -0.137. The van der Waals surface area contributed by atoms with E-state index in [0.29, 0.717) is 34.8 Å². The third kappa shape index (κ3) is 5.74. The van der Waals surface area contributed by atoms with Gasteiger partial charge in [-0.05, 0) is 60.6 Å². The van der Waals surface area contributed by atoms with E-state index >= 15 is 0 Å². The SMILES string of the molecule is CCC[C@@H](NC(=O)Cn1c(-c2ccc(Cl)cc2)n[nH]c1=S)c1cccc(C(F)(F)F)c1. The fraction of sp³-hybridized carbons (Fsp3) is 0.286. The minimum Gasteiger partial charge on any atom is -0.348 e. The van der Waals surface area contributed by atoms with Crippen molar-refractivity contribution in [3.05, 3.63) is 69.5 Å². The van der Waals surface area contributed by atoms with E-state index in [2.05, 4.69) is 15.5 Å². The second kappa shape index (κ2) is 9.65. The van der Waals surface area contributed by atoms with Crippen LogP contribution >= 0.6 is 23.8 Å². The average Bonchev–Trinajstić information content (AvgIpc) is 3.08. The molecule has 3 rings (SSSR count). The zero-order valence-corrected chi connectivity index (χ0v) is 18.1. The Labute approximate surface area is 187 Å². The third-order valence-electron chi connectivity index (χ3n) is 4.69. The van der Waals surface area contributed by atoms with Crippen LogP contribution in [0.4, 0.5) is 13.2 Å². The predicted molar refractivity (Wildman–Crippen MR) is 115 cm³/mol. The zero-order chi connectivity index (χ0) is 22.6. The molecule has 1 heterocycles. The van der Waals surface area contributed by atoms with Crippen molar-refractivity contribution in [3.63, 3.8) is 0 Å².